The number of amides is 2. The van der Waals surface area contributed by atoms with E-state index in [0.717, 1.165) is 24.9 Å². The van der Waals surface area contributed by atoms with Crippen molar-refractivity contribution < 1.29 is 9.59 Å². The smallest absolute Gasteiger partial charge is 0.229 e. The van der Waals surface area contributed by atoms with E-state index in [4.69, 9.17) is 0 Å². The Balaban J connectivity index is 1.57. The Morgan fingerprint density at radius 1 is 1.17 bits per heavy atom. The third-order valence-corrected chi connectivity index (χ3v) is 4.27. The van der Waals surface area contributed by atoms with Crippen LogP contribution < -0.4 is 5.32 Å². The van der Waals surface area contributed by atoms with E-state index < -0.39 is 0 Å². The first-order valence-electron chi connectivity index (χ1n) is 8.25. The van der Waals surface area contributed by atoms with Gasteiger partial charge in [-0.15, -0.1) is 0 Å². The minimum atomic E-state index is -0.168. The molecule has 0 bridgehead atoms. The average Bonchev–Trinajstić information content (AvgIpc) is 2.63. The number of nitrogens with one attached hydrogen (secondary N) is 1. The molecule has 1 saturated heterocycles. The lowest BCUT2D eigenvalue weighted by atomic mass is 9.96. The maximum absolute atomic E-state index is 12.5. The molecule has 1 aliphatic heterocycles. The molecular formula is C19H21N3O2. The van der Waals surface area contributed by atoms with Crippen LogP contribution >= 0.6 is 0 Å². The Morgan fingerprint density at radius 2 is 2.00 bits per heavy atom. The van der Waals surface area contributed by atoms with Crippen LogP contribution in [0.2, 0.25) is 0 Å². The second kappa shape index (κ2) is 7.73. The molecule has 0 unspecified atom stereocenters. The molecule has 1 aromatic carbocycles. The number of nitrogens with zero attached hydrogens (tertiary/aromatic N) is 2. The standard InChI is InChI=1S/C19H21N3O2/c23-18(12-15-6-2-1-3-7-15)22-11-5-8-16(14-22)19(24)21-17-9-4-10-20-13-17/h1-4,6-7,9-10,13,16H,5,8,11-12,14H2,(H,21,24)/t16-/m0/s1. The van der Waals surface area contributed by atoms with Crippen LogP contribution in [0.3, 0.4) is 0 Å². The van der Waals surface area contributed by atoms with Gasteiger partial charge in [0.2, 0.25) is 11.8 Å². The largest absolute Gasteiger partial charge is 0.342 e. The average molecular weight is 323 g/mol. The molecule has 0 saturated carbocycles. The van der Waals surface area contributed by atoms with Crippen molar-refractivity contribution in [3.63, 3.8) is 0 Å². The Kier molecular flexibility index (Phi) is 5.21. The van der Waals surface area contributed by atoms with Crippen molar-refractivity contribution in [1.82, 2.24) is 9.88 Å². The number of aromatic nitrogens is 1. The lowest BCUT2D eigenvalue weighted by Crippen LogP contribution is -2.44. The van der Waals surface area contributed by atoms with E-state index in [1.165, 1.54) is 0 Å². The van der Waals surface area contributed by atoms with Crippen LogP contribution in [0.5, 0.6) is 0 Å². The molecule has 2 heterocycles. The molecule has 0 aliphatic carbocycles. The van der Waals surface area contributed by atoms with E-state index in [2.05, 4.69) is 10.3 Å². The third kappa shape index (κ3) is 4.19. The summed E-state index contributed by atoms with van der Waals surface area (Å²) < 4.78 is 0. The molecular weight excluding hydrogens is 302 g/mol. The zero-order valence-electron chi connectivity index (χ0n) is 13.5. The first-order valence-corrected chi connectivity index (χ1v) is 8.25. The molecule has 0 spiro atoms. The number of likely N-dealkylation sites (tertiary alicyclic amines) is 1. The summed E-state index contributed by atoms with van der Waals surface area (Å²) in [6, 6.07) is 13.3. The number of hydrogen-bond donors (Lipinski definition) is 1. The van der Waals surface area contributed by atoms with Crippen molar-refractivity contribution in [2.75, 3.05) is 18.4 Å². The van der Waals surface area contributed by atoms with Crippen LogP contribution in [0.15, 0.2) is 54.9 Å². The molecule has 3 rings (SSSR count). The summed E-state index contributed by atoms with van der Waals surface area (Å²) in [6.07, 6.45) is 5.34. The summed E-state index contributed by atoms with van der Waals surface area (Å²) in [5.74, 6) is -0.126. The first-order chi connectivity index (χ1) is 11.7. The Labute approximate surface area is 141 Å². The van der Waals surface area contributed by atoms with Crippen molar-refractivity contribution in [2.24, 2.45) is 5.92 Å². The molecule has 1 atom stereocenters. The highest BCUT2D eigenvalue weighted by Gasteiger charge is 2.28. The van der Waals surface area contributed by atoms with Gasteiger partial charge in [0.25, 0.3) is 0 Å². The van der Waals surface area contributed by atoms with Crippen LogP contribution in [-0.2, 0) is 16.0 Å². The number of piperidine rings is 1. The summed E-state index contributed by atoms with van der Waals surface area (Å²) in [6.45, 7) is 1.21. The van der Waals surface area contributed by atoms with Crippen molar-refractivity contribution in [3.05, 3.63) is 60.4 Å². The number of hydrogen-bond acceptors (Lipinski definition) is 3. The van der Waals surface area contributed by atoms with Crippen molar-refractivity contribution in [3.8, 4) is 0 Å². The molecule has 0 radical (unpaired) electrons. The molecule has 1 fully saturated rings. The molecule has 1 aliphatic rings. The fourth-order valence-corrected chi connectivity index (χ4v) is 2.98. The zero-order valence-corrected chi connectivity index (χ0v) is 13.5. The number of benzene rings is 1. The SMILES string of the molecule is O=C(Nc1cccnc1)[C@H]1CCCN(C(=O)Cc2ccccc2)C1. The number of pyridine rings is 1. The van der Waals surface area contributed by atoms with E-state index in [-0.39, 0.29) is 17.7 Å². The fourth-order valence-electron chi connectivity index (χ4n) is 2.98. The van der Waals surface area contributed by atoms with E-state index >= 15 is 0 Å². The highest BCUT2D eigenvalue weighted by atomic mass is 16.2. The van der Waals surface area contributed by atoms with Gasteiger partial charge in [-0.3, -0.25) is 14.6 Å². The molecule has 2 amide bonds. The molecule has 1 aromatic heterocycles. The molecule has 5 heteroatoms. The Morgan fingerprint density at radius 3 is 2.75 bits per heavy atom. The zero-order chi connectivity index (χ0) is 16.8. The van der Waals surface area contributed by atoms with Gasteiger partial charge in [-0.2, -0.15) is 0 Å². The highest BCUT2D eigenvalue weighted by Crippen LogP contribution is 2.19. The van der Waals surface area contributed by atoms with Gasteiger partial charge in [-0.25, -0.2) is 0 Å². The normalized spacial score (nSPS) is 17.3. The van der Waals surface area contributed by atoms with Gasteiger partial charge < -0.3 is 10.2 Å². The van der Waals surface area contributed by atoms with E-state index in [1.54, 1.807) is 18.5 Å². The minimum Gasteiger partial charge on any atom is -0.342 e. The maximum Gasteiger partial charge on any atom is 0.229 e. The van der Waals surface area contributed by atoms with Crippen LogP contribution in [0, 0.1) is 5.92 Å². The second-order valence-corrected chi connectivity index (χ2v) is 6.07. The van der Waals surface area contributed by atoms with E-state index in [0.29, 0.717) is 18.7 Å². The number of rotatable bonds is 4. The Hall–Kier alpha value is -2.69. The predicted octanol–water partition coefficient (Wildman–Crippen LogP) is 2.50. The second-order valence-electron chi connectivity index (χ2n) is 6.07. The summed E-state index contributed by atoms with van der Waals surface area (Å²) in [7, 11) is 0. The van der Waals surface area contributed by atoms with Gasteiger partial charge >= 0.3 is 0 Å². The van der Waals surface area contributed by atoms with Crippen LogP contribution in [-0.4, -0.2) is 34.8 Å². The monoisotopic (exact) mass is 323 g/mol. The topological polar surface area (TPSA) is 62.3 Å². The van der Waals surface area contributed by atoms with Crippen molar-refractivity contribution >= 4 is 17.5 Å². The summed E-state index contributed by atoms with van der Waals surface area (Å²) in [5.41, 5.74) is 1.69. The highest BCUT2D eigenvalue weighted by molar-refractivity contribution is 5.93. The van der Waals surface area contributed by atoms with Gasteiger partial charge in [-0.05, 0) is 30.5 Å². The molecule has 124 valence electrons. The molecule has 2 aromatic rings. The van der Waals surface area contributed by atoms with E-state index in [9.17, 15) is 9.59 Å². The molecule has 24 heavy (non-hydrogen) atoms. The van der Waals surface area contributed by atoms with Gasteiger partial charge in [-0.1, -0.05) is 30.3 Å². The lowest BCUT2D eigenvalue weighted by molar-refractivity contribution is -0.133. The first kappa shape index (κ1) is 16.2. The van der Waals surface area contributed by atoms with Crippen molar-refractivity contribution in [2.45, 2.75) is 19.3 Å². The van der Waals surface area contributed by atoms with Gasteiger partial charge in [0.05, 0.1) is 24.2 Å². The maximum atomic E-state index is 12.5. The lowest BCUT2D eigenvalue weighted by Gasteiger charge is -2.32. The Bertz CT molecular complexity index is 629. The third-order valence-electron chi connectivity index (χ3n) is 4.27. The fraction of sp³-hybridized carbons (Fsp3) is 0.316. The number of carbonyl (C=O) groups is 2. The molecule has 1 N–H and O–H groups in total. The predicted molar refractivity (Wildman–Crippen MR) is 92.3 cm³/mol. The summed E-state index contributed by atoms with van der Waals surface area (Å²) >= 11 is 0. The van der Waals surface area contributed by atoms with Crippen LogP contribution in [0.25, 0.3) is 0 Å². The van der Waals surface area contributed by atoms with Gasteiger partial charge in [0, 0.05) is 19.3 Å². The van der Waals surface area contributed by atoms with E-state index in [1.807, 2.05) is 41.3 Å². The van der Waals surface area contributed by atoms with Crippen LogP contribution in [0.1, 0.15) is 18.4 Å². The summed E-state index contributed by atoms with van der Waals surface area (Å²) in [5, 5.41) is 2.88. The number of carbonyl (C=O) groups excluding carboxylic acids is 2. The van der Waals surface area contributed by atoms with Gasteiger partial charge in [0.15, 0.2) is 0 Å². The quantitative estimate of drug-likeness (QED) is 0.940. The van der Waals surface area contributed by atoms with Crippen molar-refractivity contribution in [1.29, 1.82) is 0 Å². The van der Waals surface area contributed by atoms with Gasteiger partial charge in [0.1, 0.15) is 0 Å². The number of anilines is 1. The summed E-state index contributed by atoms with van der Waals surface area (Å²) in [4.78, 5) is 30.7. The van der Waals surface area contributed by atoms with Crippen LogP contribution in [0.4, 0.5) is 5.69 Å². The molecule has 5 nitrogen and oxygen atoms in total. The minimum absolute atomic E-state index is 0.0415.